The largest absolute Gasteiger partial charge is 0.482 e. The van der Waals surface area contributed by atoms with Crippen LogP contribution in [0.25, 0.3) is 0 Å². The molecule has 2 unspecified atom stereocenters. The van der Waals surface area contributed by atoms with Crippen LogP contribution in [0.5, 0.6) is 5.75 Å². The number of para-hydroxylation sites is 1. The van der Waals surface area contributed by atoms with Crippen LogP contribution in [0.4, 0.5) is 0 Å². The first-order chi connectivity index (χ1) is 10.1. The molecule has 2 rings (SSSR count). The molecule has 5 nitrogen and oxygen atoms in total. The standard InChI is InChI=1S/C15H18ClNO4/c16-11-6-2-4-8-13(11)21-9-14(18)17-12-7-3-1-5-10(12)15(19)20/h2,4,6,8,10,12H,1,3,5,7,9H2,(H,17,18)(H,19,20). The summed E-state index contributed by atoms with van der Waals surface area (Å²) in [5.74, 6) is -1.25. The van der Waals surface area contributed by atoms with E-state index in [2.05, 4.69) is 5.32 Å². The van der Waals surface area contributed by atoms with Gasteiger partial charge in [-0.05, 0) is 25.0 Å². The van der Waals surface area contributed by atoms with E-state index in [4.69, 9.17) is 21.4 Å². The monoisotopic (exact) mass is 311 g/mol. The van der Waals surface area contributed by atoms with Gasteiger partial charge >= 0.3 is 5.97 Å². The molecular formula is C15H18ClNO4. The van der Waals surface area contributed by atoms with Crippen molar-refractivity contribution in [2.75, 3.05) is 6.61 Å². The molecule has 2 N–H and O–H groups in total. The topological polar surface area (TPSA) is 75.6 Å². The van der Waals surface area contributed by atoms with Gasteiger partial charge in [0, 0.05) is 6.04 Å². The molecule has 6 heteroatoms. The Labute approximate surface area is 128 Å². The zero-order valence-electron chi connectivity index (χ0n) is 11.5. The number of carboxylic acids is 1. The van der Waals surface area contributed by atoms with Crippen LogP contribution in [0.3, 0.4) is 0 Å². The van der Waals surface area contributed by atoms with Crippen molar-refractivity contribution in [3.63, 3.8) is 0 Å². The Bertz CT molecular complexity index is 520. The predicted octanol–water partition coefficient (Wildman–Crippen LogP) is 2.48. The summed E-state index contributed by atoms with van der Waals surface area (Å²) in [6.07, 6.45) is 3.11. The smallest absolute Gasteiger partial charge is 0.308 e. The van der Waals surface area contributed by atoms with Gasteiger partial charge in [-0.3, -0.25) is 9.59 Å². The Hall–Kier alpha value is -1.75. The molecule has 1 amide bonds. The second-order valence-corrected chi connectivity index (χ2v) is 5.53. The van der Waals surface area contributed by atoms with E-state index in [0.29, 0.717) is 23.6 Å². The minimum Gasteiger partial charge on any atom is -0.482 e. The third kappa shape index (κ3) is 4.36. The van der Waals surface area contributed by atoms with Gasteiger partial charge in [0.05, 0.1) is 10.9 Å². The lowest BCUT2D eigenvalue weighted by molar-refractivity contribution is -0.144. The van der Waals surface area contributed by atoms with Gasteiger partial charge in [0.25, 0.3) is 5.91 Å². The molecule has 0 saturated heterocycles. The van der Waals surface area contributed by atoms with Gasteiger partial charge in [-0.1, -0.05) is 36.6 Å². The average molecular weight is 312 g/mol. The van der Waals surface area contributed by atoms with E-state index in [9.17, 15) is 9.59 Å². The van der Waals surface area contributed by atoms with Gasteiger partial charge in [-0.2, -0.15) is 0 Å². The van der Waals surface area contributed by atoms with Gasteiger partial charge in [0.15, 0.2) is 6.61 Å². The van der Waals surface area contributed by atoms with E-state index in [-0.39, 0.29) is 18.6 Å². The summed E-state index contributed by atoms with van der Waals surface area (Å²) in [4.78, 5) is 23.1. The molecule has 1 aliphatic carbocycles. The average Bonchev–Trinajstić information content (AvgIpc) is 2.47. The first-order valence-electron chi connectivity index (χ1n) is 6.97. The fraction of sp³-hybridized carbons (Fsp3) is 0.467. The molecule has 0 radical (unpaired) electrons. The molecule has 0 bridgehead atoms. The minimum atomic E-state index is -0.855. The molecule has 1 aromatic rings. The van der Waals surface area contributed by atoms with Crippen molar-refractivity contribution in [2.24, 2.45) is 5.92 Å². The number of halogens is 1. The number of nitrogens with one attached hydrogen (secondary N) is 1. The number of hydrogen-bond donors (Lipinski definition) is 2. The highest BCUT2D eigenvalue weighted by atomic mass is 35.5. The molecule has 1 fully saturated rings. The van der Waals surface area contributed by atoms with Gasteiger partial charge in [0.1, 0.15) is 5.75 Å². The molecule has 1 aliphatic rings. The Morgan fingerprint density at radius 1 is 1.29 bits per heavy atom. The van der Waals surface area contributed by atoms with E-state index in [0.717, 1.165) is 12.8 Å². The zero-order valence-corrected chi connectivity index (χ0v) is 12.3. The summed E-state index contributed by atoms with van der Waals surface area (Å²) in [6, 6.07) is 6.57. The van der Waals surface area contributed by atoms with Crippen molar-refractivity contribution in [1.29, 1.82) is 0 Å². The molecule has 0 heterocycles. The third-order valence-corrected chi connectivity index (χ3v) is 3.94. The molecule has 2 atom stereocenters. The molecule has 1 aromatic carbocycles. The number of rotatable bonds is 5. The summed E-state index contributed by atoms with van der Waals surface area (Å²) in [5, 5.41) is 12.4. The fourth-order valence-electron chi connectivity index (χ4n) is 2.55. The minimum absolute atomic E-state index is 0.174. The SMILES string of the molecule is O=C(COc1ccccc1Cl)NC1CCCCC1C(=O)O. The quantitative estimate of drug-likeness (QED) is 0.876. The number of benzene rings is 1. The van der Waals surface area contributed by atoms with Gasteiger partial charge in [-0.25, -0.2) is 0 Å². The normalized spacial score (nSPS) is 21.6. The van der Waals surface area contributed by atoms with Crippen LogP contribution >= 0.6 is 11.6 Å². The number of carbonyl (C=O) groups is 2. The lowest BCUT2D eigenvalue weighted by atomic mass is 9.84. The fourth-order valence-corrected chi connectivity index (χ4v) is 2.74. The van der Waals surface area contributed by atoms with Crippen molar-refractivity contribution in [3.05, 3.63) is 29.3 Å². The van der Waals surface area contributed by atoms with Crippen molar-refractivity contribution in [2.45, 2.75) is 31.7 Å². The van der Waals surface area contributed by atoms with Crippen LogP contribution < -0.4 is 10.1 Å². The maximum absolute atomic E-state index is 11.9. The van der Waals surface area contributed by atoms with Crippen LogP contribution in [0.2, 0.25) is 5.02 Å². The van der Waals surface area contributed by atoms with Crippen molar-refractivity contribution >= 4 is 23.5 Å². The van der Waals surface area contributed by atoms with Gasteiger partial charge in [0.2, 0.25) is 0 Å². The number of amides is 1. The second kappa shape index (κ2) is 7.31. The van der Waals surface area contributed by atoms with Gasteiger partial charge < -0.3 is 15.2 Å². The Kier molecular flexibility index (Phi) is 5.44. The van der Waals surface area contributed by atoms with Crippen LogP contribution in [-0.4, -0.2) is 29.6 Å². The summed E-state index contributed by atoms with van der Waals surface area (Å²) in [7, 11) is 0. The van der Waals surface area contributed by atoms with Gasteiger partial charge in [-0.15, -0.1) is 0 Å². The summed E-state index contributed by atoms with van der Waals surface area (Å²) in [6.45, 7) is -0.174. The van der Waals surface area contributed by atoms with E-state index in [1.54, 1.807) is 24.3 Å². The van der Waals surface area contributed by atoms with E-state index in [1.165, 1.54) is 0 Å². The van der Waals surface area contributed by atoms with Crippen LogP contribution in [0, 0.1) is 5.92 Å². The maximum atomic E-state index is 11.9. The number of carbonyl (C=O) groups excluding carboxylic acids is 1. The second-order valence-electron chi connectivity index (χ2n) is 5.12. The lowest BCUT2D eigenvalue weighted by Crippen LogP contribution is -2.46. The number of aliphatic carboxylic acids is 1. The molecule has 21 heavy (non-hydrogen) atoms. The van der Waals surface area contributed by atoms with E-state index in [1.807, 2.05) is 0 Å². The van der Waals surface area contributed by atoms with Crippen LogP contribution in [-0.2, 0) is 9.59 Å². The Morgan fingerprint density at radius 2 is 2.00 bits per heavy atom. The molecule has 1 saturated carbocycles. The van der Waals surface area contributed by atoms with Crippen molar-refractivity contribution < 1.29 is 19.4 Å². The molecule has 0 spiro atoms. The number of hydrogen-bond acceptors (Lipinski definition) is 3. The Morgan fingerprint density at radius 3 is 2.71 bits per heavy atom. The highest BCUT2D eigenvalue weighted by Crippen LogP contribution is 2.25. The lowest BCUT2D eigenvalue weighted by Gasteiger charge is -2.29. The summed E-state index contributed by atoms with van der Waals surface area (Å²) >= 11 is 5.93. The van der Waals surface area contributed by atoms with Crippen molar-refractivity contribution in [3.8, 4) is 5.75 Å². The van der Waals surface area contributed by atoms with Crippen molar-refractivity contribution in [1.82, 2.24) is 5.32 Å². The number of ether oxygens (including phenoxy) is 1. The highest BCUT2D eigenvalue weighted by molar-refractivity contribution is 6.32. The molecule has 114 valence electrons. The zero-order chi connectivity index (χ0) is 15.2. The van der Waals surface area contributed by atoms with E-state index >= 15 is 0 Å². The summed E-state index contributed by atoms with van der Waals surface area (Å²) < 4.78 is 5.34. The molecule has 0 aromatic heterocycles. The molecule has 0 aliphatic heterocycles. The first kappa shape index (κ1) is 15.6. The predicted molar refractivity (Wildman–Crippen MR) is 78.5 cm³/mol. The maximum Gasteiger partial charge on any atom is 0.308 e. The van der Waals surface area contributed by atoms with E-state index < -0.39 is 11.9 Å². The Balaban J connectivity index is 1.86. The molecular weight excluding hydrogens is 294 g/mol. The van der Waals surface area contributed by atoms with Crippen LogP contribution in [0.15, 0.2) is 24.3 Å². The highest BCUT2D eigenvalue weighted by Gasteiger charge is 2.31. The summed E-state index contributed by atoms with van der Waals surface area (Å²) in [5.41, 5.74) is 0. The van der Waals surface area contributed by atoms with Crippen LogP contribution in [0.1, 0.15) is 25.7 Å². The first-order valence-corrected chi connectivity index (χ1v) is 7.35. The number of carboxylic acid groups (broad SMARTS) is 1. The third-order valence-electron chi connectivity index (χ3n) is 3.62.